The molecule has 0 aliphatic rings. The second-order valence-corrected chi connectivity index (χ2v) is 5.08. The highest BCUT2D eigenvalue weighted by molar-refractivity contribution is 5.90. The summed E-state index contributed by atoms with van der Waals surface area (Å²) in [5.41, 5.74) is 0. The molecule has 0 aromatic heterocycles. The van der Waals surface area contributed by atoms with Gasteiger partial charge in [0.2, 0.25) is 0 Å². The van der Waals surface area contributed by atoms with E-state index in [1.807, 2.05) is 0 Å². The lowest BCUT2D eigenvalue weighted by atomic mass is 10.4. The SMILES string of the molecule is C#CC#CC#CC#CC#CC#CC#CC(=O)O[C@@H](CO)COC(=O)C#CC#CC#CC#CC#CC#CC. The molecule has 0 heterocycles. The van der Waals surface area contributed by atoms with E-state index in [0.717, 1.165) is 0 Å². The van der Waals surface area contributed by atoms with Crippen LogP contribution in [0.5, 0.6) is 0 Å². The number of aliphatic hydroxyl groups excluding tert-OH is 1. The third-order valence-electron chi connectivity index (χ3n) is 2.59. The Morgan fingerprint density at radius 1 is 0.622 bits per heavy atom. The van der Waals surface area contributed by atoms with Gasteiger partial charge in [0.1, 0.15) is 6.61 Å². The maximum Gasteiger partial charge on any atom is 0.385 e. The number of terminal acetylenes is 1. The first-order valence-electron chi connectivity index (χ1n) is 9.51. The van der Waals surface area contributed by atoms with Gasteiger partial charge in [-0.25, -0.2) is 9.59 Å². The van der Waals surface area contributed by atoms with Gasteiger partial charge in [-0.1, -0.05) is 5.92 Å². The molecule has 0 unspecified atom stereocenters. The molecular formula is C32H10O5. The van der Waals surface area contributed by atoms with Crippen molar-refractivity contribution >= 4 is 11.9 Å². The van der Waals surface area contributed by atoms with Crippen LogP contribution in [0.4, 0.5) is 0 Å². The standard InChI is InChI=1S/C32H10O5/c1-3-5-7-9-11-13-15-17-19-21-23-25-27-32(35)37-30(28-33)29-36-31(34)26-24-22-20-18-16-14-12-10-8-6-4-2/h1,30,33H,28-29H2,2H3/t30-/m0/s1. The Morgan fingerprint density at radius 2 is 1.00 bits per heavy atom. The highest BCUT2D eigenvalue weighted by Gasteiger charge is 2.14. The molecule has 5 heteroatoms. The number of carbonyl (C=O) groups excluding carboxylic acids is 2. The third-order valence-corrected chi connectivity index (χ3v) is 2.59. The zero-order valence-corrected chi connectivity index (χ0v) is 19.1. The normalized spacial score (nSPS) is 6.51. The van der Waals surface area contributed by atoms with E-state index >= 15 is 0 Å². The molecule has 0 amide bonds. The van der Waals surface area contributed by atoms with E-state index in [4.69, 9.17) is 15.9 Å². The average Bonchev–Trinajstić information content (AvgIpc) is 2.90. The van der Waals surface area contributed by atoms with Crippen LogP contribution in [-0.4, -0.2) is 36.4 Å². The quantitative estimate of drug-likeness (QED) is 0.326. The topological polar surface area (TPSA) is 72.8 Å². The Bertz CT molecular complexity index is 1710. The Kier molecular flexibility index (Phi) is 19.4. The Morgan fingerprint density at radius 3 is 1.41 bits per heavy atom. The summed E-state index contributed by atoms with van der Waals surface area (Å²) in [6.45, 7) is 0.588. The van der Waals surface area contributed by atoms with E-state index in [0.29, 0.717) is 0 Å². The molecule has 0 aromatic carbocycles. The van der Waals surface area contributed by atoms with Crippen LogP contribution in [0.1, 0.15) is 6.92 Å². The van der Waals surface area contributed by atoms with Crippen molar-refractivity contribution in [3.63, 3.8) is 0 Å². The van der Waals surface area contributed by atoms with Crippen molar-refractivity contribution in [3.8, 4) is 154 Å². The lowest BCUT2D eigenvalue weighted by molar-refractivity contribution is -0.153. The fourth-order valence-corrected chi connectivity index (χ4v) is 1.30. The van der Waals surface area contributed by atoms with Crippen molar-refractivity contribution in [2.45, 2.75) is 13.0 Å². The fourth-order valence-electron chi connectivity index (χ4n) is 1.30. The first kappa shape index (κ1) is 30.2. The molecule has 0 aromatic rings. The summed E-state index contributed by atoms with van der Waals surface area (Å²) in [6.07, 6.45) is 3.76. The summed E-state index contributed by atoms with van der Waals surface area (Å²) < 4.78 is 9.60. The summed E-state index contributed by atoms with van der Waals surface area (Å²) in [5, 5.41) is 9.24. The van der Waals surface area contributed by atoms with E-state index in [1.54, 1.807) is 6.92 Å². The molecule has 0 radical (unpaired) electrons. The van der Waals surface area contributed by atoms with Crippen LogP contribution in [0, 0.1) is 154 Å². The molecule has 0 saturated carbocycles. The zero-order chi connectivity index (χ0) is 27.2. The van der Waals surface area contributed by atoms with Crippen molar-refractivity contribution in [1.82, 2.24) is 0 Å². The molecule has 5 nitrogen and oxygen atoms in total. The van der Waals surface area contributed by atoms with Crippen molar-refractivity contribution in [1.29, 1.82) is 0 Å². The molecule has 0 aliphatic carbocycles. The van der Waals surface area contributed by atoms with Crippen LogP contribution < -0.4 is 0 Å². The monoisotopic (exact) mass is 474 g/mol. The van der Waals surface area contributed by atoms with Crippen LogP contribution in [0.15, 0.2) is 0 Å². The van der Waals surface area contributed by atoms with Gasteiger partial charge in [0.25, 0.3) is 0 Å². The molecule has 0 saturated heterocycles. The molecule has 1 N–H and O–H groups in total. The molecule has 0 rings (SSSR count). The maximum atomic E-state index is 11.6. The Balaban J connectivity index is 4.59. The highest BCUT2D eigenvalue weighted by atomic mass is 16.6. The van der Waals surface area contributed by atoms with Crippen molar-refractivity contribution in [2.24, 2.45) is 0 Å². The maximum absolute atomic E-state index is 11.6. The summed E-state index contributed by atoms with van der Waals surface area (Å²) in [4.78, 5) is 23.2. The summed E-state index contributed by atoms with van der Waals surface area (Å²) in [6, 6.07) is 0. The fraction of sp³-hybridized carbons (Fsp3) is 0.125. The van der Waals surface area contributed by atoms with Crippen molar-refractivity contribution in [2.75, 3.05) is 13.2 Å². The van der Waals surface area contributed by atoms with Gasteiger partial charge in [-0.05, 0) is 137 Å². The minimum absolute atomic E-state index is 0.448. The number of aliphatic hydroxyl groups is 1. The molecule has 37 heavy (non-hydrogen) atoms. The van der Waals surface area contributed by atoms with E-state index in [9.17, 15) is 14.7 Å². The van der Waals surface area contributed by atoms with E-state index in [-0.39, 0.29) is 0 Å². The number of esters is 2. The number of hydrogen-bond acceptors (Lipinski definition) is 5. The summed E-state index contributed by atoms with van der Waals surface area (Å²) in [7, 11) is 0. The lowest BCUT2D eigenvalue weighted by Crippen LogP contribution is -2.27. The van der Waals surface area contributed by atoms with Gasteiger partial charge in [0, 0.05) is 11.8 Å². The van der Waals surface area contributed by atoms with Crippen LogP contribution >= 0.6 is 0 Å². The van der Waals surface area contributed by atoms with Gasteiger partial charge in [-0.15, -0.1) is 6.42 Å². The molecule has 1 atom stereocenters. The molecular weight excluding hydrogens is 464 g/mol. The van der Waals surface area contributed by atoms with Crippen LogP contribution in [0.3, 0.4) is 0 Å². The van der Waals surface area contributed by atoms with E-state index < -0.39 is 31.3 Å². The average molecular weight is 474 g/mol. The van der Waals surface area contributed by atoms with Gasteiger partial charge in [0.05, 0.1) is 6.61 Å². The predicted molar refractivity (Wildman–Crippen MR) is 136 cm³/mol. The van der Waals surface area contributed by atoms with Gasteiger partial charge in [-0.3, -0.25) is 0 Å². The number of hydrogen-bond donors (Lipinski definition) is 1. The number of ether oxygens (including phenoxy) is 2. The number of rotatable bonds is 4. The Labute approximate surface area is 216 Å². The number of carbonyl (C=O) groups is 2. The zero-order valence-electron chi connectivity index (χ0n) is 19.1. The molecule has 168 valence electrons. The molecule has 0 fully saturated rings. The van der Waals surface area contributed by atoms with Crippen molar-refractivity contribution in [3.05, 3.63) is 0 Å². The van der Waals surface area contributed by atoms with Gasteiger partial charge in [0.15, 0.2) is 6.10 Å². The second kappa shape index (κ2) is 23.8. The third kappa shape index (κ3) is 22.2. The largest absolute Gasteiger partial charge is 0.452 e. The first-order chi connectivity index (χ1) is 18.1. The predicted octanol–water partition coefficient (Wildman–Crippen LogP) is -0.872. The van der Waals surface area contributed by atoms with Crippen LogP contribution in [0.2, 0.25) is 0 Å². The van der Waals surface area contributed by atoms with E-state index in [1.165, 1.54) is 0 Å². The highest BCUT2D eigenvalue weighted by Crippen LogP contribution is 1.94. The Hall–Kier alpha value is -6.82. The minimum atomic E-state index is -1.15. The van der Waals surface area contributed by atoms with Crippen LogP contribution in [-0.2, 0) is 19.1 Å². The van der Waals surface area contributed by atoms with Crippen molar-refractivity contribution < 1.29 is 24.2 Å². The smallest absolute Gasteiger partial charge is 0.385 e. The summed E-state index contributed by atoms with van der Waals surface area (Å²) in [5.74, 6) is 56.8. The molecule has 0 aliphatic heterocycles. The van der Waals surface area contributed by atoms with Crippen LogP contribution in [0.25, 0.3) is 0 Å². The molecule has 0 bridgehead atoms. The first-order valence-corrected chi connectivity index (χ1v) is 9.51. The van der Waals surface area contributed by atoms with Gasteiger partial charge >= 0.3 is 11.9 Å². The van der Waals surface area contributed by atoms with E-state index in [2.05, 4.69) is 148 Å². The van der Waals surface area contributed by atoms with Gasteiger partial charge in [-0.2, -0.15) is 0 Å². The summed E-state index contributed by atoms with van der Waals surface area (Å²) >= 11 is 0. The van der Waals surface area contributed by atoms with Gasteiger partial charge < -0.3 is 14.6 Å². The minimum Gasteiger partial charge on any atom is -0.452 e. The molecule has 0 spiro atoms. The lowest BCUT2D eigenvalue weighted by Gasteiger charge is -2.12. The second-order valence-electron chi connectivity index (χ2n) is 5.08.